The largest absolute Gasteiger partial charge is 0.454 e. The van der Waals surface area contributed by atoms with Crippen LogP contribution < -0.4 is 20.5 Å². The topological polar surface area (TPSA) is 56.5 Å². The van der Waals surface area contributed by atoms with E-state index in [0.717, 1.165) is 43.3 Å². The molecule has 1 aromatic carbocycles. The second-order valence-corrected chi connectivity index (χ2v) is 5.87. The van der Waals surface area contributed by atoms with Crippen LogP contribution in [-0.2, 0) is 6.42 Å². The van der Waals surface area contributed by atoms with Crippen molar-refractivity contribution >= 4 is 0 Å². The van der Waals surface area contributed by atoms with Crippen LogP contribution in [0.1, 0.15) is 32.3 Å². The molecule has 3 N–H and O–H groups in total. The first-order valence-electron chi connectivity index (χ1n) is 7.50. The smallest absolute Gasteiger partial charge is 0.231 e. The summed E-state index contributed by atoms with van der Waals surface area (Å²) in [6.45, 7) is 6.87. The molecule has 0 saturated carbocycles. The van der Waals surface area contributed by atoms with Gasteiger partial charge in [0.05, 0.1) is 0 Å². The predicted octanol–water partition coefficient (Wildman–Crippen LogP) is 2.31. The van der Waals surface area contributed by atoms with Crippen LogP contribution in [0.25, 0.3) is 0 Å². The van der Waals surface area contributed by atoms with Crippen LogP contribution in [0.2, 0.25) is 0 Å². The van der Waals surface area contributed by atoms with E-state index in [2.05, 4.69) is 25.2 Å². The molecule has 4 nitrogen and oxygen atoms in total. The first kappa shape index (κ1) is 15.1. The van der Waals surface area contributed by atoms with Gasteiger partial charge in [0.15, 0.2) is 11.5 Å². The summed E-state index contributed by atoms with van der Waals surface area (Å²) in [6.07, 6.45) is 3.09. The second-order valence-electron chi connectivity index (χ2n) is 5.87. The van der Waals surface area contributed by atoms with E-state index in [1.165, 1.54) is 12.0 Å². The first-order chi connectivity index (χ1) is 9.65. The van der Waals surface area contributed by atoms with Crippen molar-refractivity contribution in [2.75, 3.05) is 19.9 Å². The molecule has 4 heteroatoms. The lowest BCUT2D eigenvalue weighted by Crippen LogP contribution is -2.29. The number of hydrogen-bond donors (Lipinski definition) is 2. The average molecular weight is 278 g/mol. The molecule has 0 bridgehead atoms. The third-order valence-corrected chi connectivity index (χ3v) is 3.53. The van der Waals surface area contributed by atoms with Gasteiger partial charge in [0.2, 0.25) is 6.79 Å². The Bertz CT molecular complexity index is 421. The monoisotopic (exact) mass is 278 g/mol. The van der Waals surface area contributed by atoms with E-state index in [4.69, 9.17) is 15.2 Å². The highest BCUT2D eigenvalue weighted by atomic mass is 16.7. The molecule has 0 fully saturated rings. The van der Waals surface area contributed by atoms with E-state index in [0.29, 0.717) is 6.79 Å². The summed E-state index contributed by atoms with van der Waals surface area (Å²) in [6, 6.07) is 6.25. The molecule has 0 aromatic heterocycles. The zero-order valence-electron chi connectivity index (χ0n) is 12.5. The number of fused-ring (bicyclic) bond motifs is 1. The van der Waals surface area contributed by atoms with Crippen molar-refractivity contribution in [1.29, 1.82) is 0 Å². The summed E-state index contributed by atoms with van der Waals surface area (Å²) in [4.78, 5) is 0. The molecule has 1 heterocycles. The van der Waals surface area contributed by atoms with E-state index in [1.807, 2.05) is 12.1 Å². The van der Waals surface area contributed by atoms with Crippen molar-refractivity contribution in [3.8, 4) is 11.5 Å². The average Bonchev–Trinajstić information content (AvgIpc) is 2.85. The Balaban J connectivity index is 1.68. The van der Waals surface area contributed by atoms with Crippen molar-refractivity contribution in [1.82, 2.24) is 5.32 Å². The van der Waals surface area contributed by atoms with E-state index in [9.17, 15) is 0 Å². The summed E-state index contributed by atoms with van der Waals surface area (Å²) in [7, 11) is 0. The van der Waals surface area contributed by atoms with Crippen LogP contribution in [0.3, 0.4) is 0 Å². The van der Waals surface area contributed by atoms with Crippen molar-refractivity contribution in [3.63, 3.8) is 0 Å². The first-order valence-corrected chi connectivity index (χ1v) is 7.50. The van der Waals surface area contributed by atoms with E-state index in [1.54, 1.807) is 0 Å². The highest BCUT2D eigenvalue weighted by molar-refractivity contribution is 5.44. The van der Waals surface area contributed by atoms with Gasteiger partial charge in [-0.05, 0) is 56.0 Å². The maximum Gasteiger partial charge on any atom is 0.231 e. The summed E-state index contributed by atoms with van der Waals surface area (Å²) in [5, 5.41) is 3.45. The lowest BCUT2D eigenvalue weighted by Gasteiger charge is -2.13. The van der Waals surface area contributed by atoms with Crippen LogP contribution in [0.4, 0.5) is 0 Å². The van der Waals surface area contributed by atoms with Gasteiger partial charge in [-0.15, -0.1) is 0 Å². The molecule has 1 aliphatic heterocycles. The van der Waals surface area contributed by atoms with Gasteiger partial charge >= 0.3 is 0 Å². The van der Waals surface area contributed by atoms with Gasteiger partial charge in [0.1, 0.15) is 0 Å². The normalized spacial score (nSPS) is 14.8. The van der Waals surface area contributed by atoms with Gasteiger partial charge in [-0.1, -0.05) is 19.9 Å². The molecular formula is C16H26N2O2. The van der Waals surface area contributed by atoms with Crippen molar-refractivity contribution < 1.29 is 9.47 Å². The van der Waals surface area contributed by atoms with Crippen LogP contribution in [-0.4, -0.2) is 25.9 Å². The van der Waals surface area contributed by atoms with E-state index in [-0.39, 0.29) is 6.04 Å². The minimum atomic E-state index is 0.182. The van der Waals surface area contributed by atoms with Gasteiger partial charge in [-0.25, -0.2) is 0 Å². The molecule has 0 amide bonds. The molecular weight excluding hydrogens is 252 g/mol. The Kier molecular flexibility index (Phi) is 5.68. The fourth-order valence-electron chi connectivity index (χ4n) is 2.28. The van der Waals surface area contributed by atoms with Gasteiger partial charge in [0, 0.05) is 6.04 Å². The van der Waals surface area contributed by atoms with Crippen LogP contribution in [0.5, 0.6) is 11.5 Å². The lowest BCUT2D eigenvalue weighted by molar-refractivity contribution is 0.174. The van der Waals surface area contributed by atoms with E-state index < -0.39 is 0 Å². The summed E-state index contributed by atoms with van der Waals surface area (Å²) < 4.78 is 10.7. The standard InChI is InChI=1S/C16H26N2O2/c1-12(2)5-7-18-8-6-14(17)9-13-3-4-15-16(10-13)20-11-19-15/h3-4,10,12,14,18H,5-9,11,17H2,1-2H3. The third kappa shape index (κ3) is 4.69. The molecule has 1 atom stereocenters. The Morgan fingerprint density at radius 3 is 2.70 bits per heavy atom. The molecule has 2 rings (SSSR count). The predicted molar refractivity (Wildman–Crippen MR) is 81.2 cm³/mol. The minimum absolute atomic E-state index is 0.182. The molecule has 1 unspecified atom stereocenters. The highest BCUT2D eigenvalue weighted by Gasteiger charge is 2.14. The zero-order valence-corrected chi connectivity index (χ0v) is 12.5. The molecule has 1 aliphatic rings. The highest BCUT2D eigenvalue weighted by Crippen LogP contribution is 2.32. The van der Waals surface area contributed by atoms with Crippen LogP contribution >= 0.6 is 0 Å². The van der Waals surface area contributed by atoms with Crippen LogP contribution in [0.15, 0.2) is 18.2 Å². The van der Waals surface area contributed by atoms with Gasteiger partial charge < -0.3 is 20.5 Å². The number of rotatable bonds is 8. The van der Waals surface area contributed by atoms with Gasteiger partial charge in [-0.3, -0.25) is 0 Å². The maximum atomic E-state index is 6.18. The Morgan fingerprint density at radius 1 is 1.15 bits per heavy atom. The minimum Gasteiger partial charge on any atom is -0.454 e. The van der Waals surface area contributed by atoms with Crippen molar-refractivity contribution in [3.05, 3.63) is 23.8 Å². The Morgan fingerprint density at radius 2 is 1.90 bits per heavy atom. The Labute approximate surface area is 121 Å². The fourth-order valence-corrected chi connectivity index (χ4v) is 2.28. The molecule has 0 aliphatic carbocycles. The van der Waals surface area contributed by atoms with Crippen molar-refractivity contribution in [2.24, 2.45) is 11.7 Å². The third-order valence-electron chi connectivity index (χ3n) is 3.53. The summed E-state index contributed by atoms with van der Waals surface area (Å²) in [5.74, 6) is 2.42. The number of nitrogens with two attached hydrogens (primary N) is 1. The van der Waals surface area contributed by atoms with E-state index >= 15 is 0 Å². The number of ether oxygens (including phenoxy) is 2. The maximum absolute atomic E-state index is 6.18. The molecule has 0 saturated heterocycles. The van der Waals surface area contributed by atoms with Crippen LogP contribution in [0, 0.1) is 5.92 Å². The SMILES string of the molecule is CC(C)CCNCCC(N)Cc1ccc2c(c1)OCO2. The Hall–Kier alpha value is -1.26. The van der Waals surface area contributed by atoms with Gasteiger partial charge in [0.25, 0.3) is 0 Å². The zero-order chi connectivity index (χ0) is 14.4. The molecule has 0 radical (unpaired) electrons. The lowest BCUT2D eigenvalue weighted by atomic mass is 10.0. The quantitative estimate of drug-likeness (QED) is 0.717. The van der Waals surface area contributed by atoms with Crippen molar-refractivity contribution in [2.45, 2.75) is 39.2 Å². The molecule has 20 heavy (non-hydrogen) atoms. The second kappa shape index (κ2) is 7.50. The fraction of sp³-hybridized carbons (Fsp3) is 0.625. The molecule has 112 valence electrons. The van der Waals surface area contributed by atoms with Gasteiger partial charge in [-0.2, -0.15) is 0 Å². The summed E-state index contributed by atoms with van der Waals surface area (Å²) >= 11 is 0. The molecule has 1 aromatic rings. The number of hydrogen-bond acceptors (Lipinski definition) is 4. The molecule has 0 spiro atoms. The summed E-state index contributed by atoms with van der Waals surface area (Å²) in [5.41, 5.74) is 7.39. The number of nitrogens with one attached hydrogen (secondary N) is 1. The number of benzene rings is 1.